The van der Waals surface area contributed by atoms with E-state index in [9.17, 15) is 9.90 Å². The van der Waals surface area contributed by atoms with Crippen LogP contribution in [-0.2, 0) is 4.79 Å². The molecule has 1 atom stereocenters. The number of nitrogens with one attached hydrogen (secondary N) is 2. The highest BCUT2D eigenvalue weighted by Crippen LogP contribution is 2.37. The molecule has 0 aromatic heterocycles. The Morgan fingerprint density at radius 1 is 1.50 bits per heavy atom. The minimum absolute atomic E-state index is 0.0163. The topological polar surface area (TPSA) is 70.6 Å². The Morgan fingerprint density at radius 2 is 2.25 bits per heavy atom. The number of phenolic OH excluding ortho intramolecular Hbond substituents is 1. The summed E-state index contributed by atoms with van der Waals surface area (Å²) >= 11 is 0. The van der Waals surface area contributed by atoms with Crippen molar-refractivity contribution in [3.05, 3.63) is 18.2 Å². The molecule has 1 amide bonds. The van der Waals surface area contributed by atoms with Crippen LogP contribution in [0.2, 0.25) is 0 Å². The van der Waals surface area contributed by atoms with E-state index in [1.54, 1.807) is 12.1 Å². The number of ether oxygens (including phenoxy) is 1. The quantitative estimate of drug-likeness (QED) is 0.736. The smallest absolute Gasteiger partial charge is 0.232 e. The number of amides is 1. The van der Waals surface area contributed by atoms with Crippen LogP contribution in [-0.4, -0.2) is 31.2 Å². The van der Waals surface area contributed by atoms with Gasteiger partial charge in [-0.05, 0) is 31.0 Å². The van der Waals surface area contributed by atoms with Crippen LogP contribution >= 0.6 is 0 Å². The molecular formula is C15H22N2O3. The van der Waals surface area contributed by atoms with Crippen molar-refractivity contribution in [2.75, 3.05) is 25.5 Å². The SMILES string of the molecule is COc1ccc(NC(=O)C2(C(C)C)CCNC2)c(O)c1. The summed E-state index contributed by atoms with van der Waals surface area (Å²) in [6.07, 6.45) is 0.813. The number of hydrogen-bond acceptors (Lipinski definition) is 4. The van der Waals surface area contributed by atoms with E-state index < -0.39 is 5.41 Å². The molecule has 1 aromatic rings. The summed E-state index contributed by atoms with van der Waals surface area (Å²) in [7, 11) is 1.53. The van der Waals surface area contributed by atoms with Gasteiger partial charge in [0.25, 0.3) is 0 Å². The lowest BCUT2D eigenvalue weighted by atomic mass is 9.75. The molecule has 1 aliphatic heterocycles. The second kappa shape index (κ2) is 5.71. The van der Waals surface area contributed by atoms with Gasteiger partial charge in [0.05, 0.1) is 18.2 Å². The minimum Gasteiger partial charge on any atom is -0.506 e. The fourth-order valence-electron chi connectivity index (χ4n) is 2.65. The lowest BCUT2D eigenvalue weighted by Gasteiger charge is -2.31. The molecule has 1 heterocycles. The van der Waals surface area contributed by atoms with Crippen molar-refractivity contribution in [2.24, 2.45) is 11.3 Å². The third kappa shape index (κ3) is 2.58. The molecule has 5 nitrogen and oxygen atoms in total. The van der Waals surface area contributed by atoms with Crippen LogP contribution in [0.5, 0.6) is 11.5 Å². The first kappa shape index (κ1) is 14.7. The van der Waals surface area contributed by atoms with Crippen LogP contribution in [0.15, 0.2) is 18.2 Å². The number of methoxy groups -OCH3 is 1. The predicted octanol–water partition coefficient (Wildman–Crippen LogP) is 1.97. The molecule has 3 N–H and O–H groups in total. The van der Waals surface area contributed by atoms with Crippen molar-refractivity contribution < 1.29 is 14.6 Å². The molecule has 0 aliphatic carbocycles. The molecule has 1 unspecified atom stereocenters. The van der Waals surface area contributed by atoms with Crippen molar-refractivity contribution in [2.45, 2.75) is 20.3 Å². The number of benzene rings is 1. The standard InChI is InChI=1S/C15H22N2O3/c1-10(2)15(6-7-16-9-15)14(19)17-12-5-4-11(20-3)8-13(12)18/h4-5,8,10,16,18H,6-7,9H2,1-3H3,(H,17,19). The molecule has 1 aliphatic rings. The molecule has 5 heteroatoms. The van der Waals surface area contributed by atoms with E-state index in [0.717, 1.165) is 13.0 Å². The Kier molecular flexibility index (Phi) is 4.18. The molecule has 20 heavy (non-hydrogen) atoms. The number of aromatic hydroxyl groups is 1. The van der Waals surface area contributed by atoms with Gasteiger partial charge in [-0.1, -0.05) is 13.8 Å². The minimum atomic E-state index is -0.410. The maximum absolute atomic E-state index is 12.6. The van der Waals surface area contributed by atoms with E-state index in [1.807, 2.05) is 0 Å². The average Bonchev–Trinajstić information content (AvgIpc) is 2.91. The second-order valence-corrected chi connectivity index (χ2v) is 5.57. The molecule has 0 radical (unpaired) electrons. The predicted molar refractivity (Wildman–Crippen MR) is 78.0 cm³/mol. The highest BCUT2D eigenvalue weighted by molar-refractivity contribution is 5.97. The molecule has 0 saturated carbocycles. The molecule has 2 rings (SSSR count). The van der Waals surface area contributed by atoms with E-state index in [4.69, 9.17) is 4.74 Å². The van der Waals surface area contributed by atoms with Gasteiger partial charge in [0.15, 0.2) is 0 Å². The number of carbonyl (C=O) groups is 1. The maximum atomic E-state index is 12.6. The summed E-state index contributed by atoms with van der Waals surface area (Å²) in [5, 5.41) is 16.0. The number of rotatable bonds is 4. The summed E-state index contributed by atoms with van der Waals surface area (Å²) in [6, 6.07) is 4.86. The van der Waals surface area contributed by atoms with Crippen molar-refractivity contribution in [1.29, 1.82) is 0 Å². The van der Waals surface area contributed by atoms with Gasteiger partial charge in [-0.15, -0.1) is 0 Å². The van der Waals surface area contributed by atoms with Gasteiger partial charge in [0.2, 0.25) is 5.91 Å². The number of hydrogen-bond donors (Lipinski definition) is 3. The maximum Gasteiger partial charge on any atom is 0.232 e. The summed E-state index contributed by atoms with van der Waals surface area (Å²) in [4.78, 5) is 12.6. The highest BCUT2D eigenvalue weighted by atomic mass is 16.5. The van der Waals surface area contributed by atoms with Crippen molar-refractivity contribution in [3.8, 4) is 11.5 Å². The summed E-state index contributed by atoms with van der Waals surface area (Å²) in [5.41, 5.74) is 0.00884. The summed E-state index contributed by atoms with van der Waals surface area (Å²) in [5.74, 6) is 0.764. The fraction of sp³-hybridized carbons (Fsp3) is 0.533. The van der Waals surface area contributed by atoms with Crippen LogP contribution in [0.3, 0.4) is 0 Å². The van der Waals surface area contributed by atoms with Gasteiger partial charge in [-0.2, -0.15) is 0 Å². The monoisotopic (exact) mass is 278 g/mol. The summed E-state index contributed by atoms with van der Waals surface area (Å²) < 4.78 is 5.03. The van der Waals surface area contributed by atoms with Crippen LogP contribution in [0.1, 0.15) is 20.3 Å². The Labute approximate surface area is 119 Å². The van der Waals surface area contributed by atoms with E-state index in [2.05, 4.69) is 24.5 Å². The fourth-order valence-corrected chi connectivity index (χ4v) is 2.65. The van der Waals surface area contributed by atoms with Crippen molar-refractivity contribution in [1.82, 2.24) is 5.32 Å². The average molecular weight is 278 g/mol. The Balaban J connectivity index is 2.18. The van der Waals surface area contributed by atoms with Gasteiger partial charge in [0.1, 0.15) is 11.5 Å². The zero-order chi connectivity index (χ0) is 14.8. The number of phenols is 1. The van der Waals surface area contributed by atoms with Gasteiger partial charge >= 0.3 is 0 Å². The largest absolute Gasteiger partial charge is 0.506 e. The van der Waals surface area contributed by atoms with Crippen LogP contribution < -0.4 is 15.4 Å². The Bertz CT molecular complexity index is 494. The molecule has 1 saturated heterocycles. The Morgan fingerprint density at radius 3 is 2.75 bits per heavy atom. The van der Waals surface area contributed by atoms with E-state index in [1.165, 1.54) is 13.2 Å². The zero-order valence-corrected chi connectivity index (χ0v) is 12.2. The highest BCUT2D eigenvalue weighted by Gasteiger charge is 2.44. The lowest BCUT2D eigenvalue weighted by Crippen LogP contribution is -2.42. The van der Waals surface area contributed by atoms with E-state index in [0.29, 0.717) is 18.0 Å². The van der Waals surface area contributed by atoms with Crippen LogP contribution in [0.4, 0.5) is 5.69 Å². The molecule has 110 valence electrons. The zero-order valence-electron chi connectivity index (χ0n) is 12.2. The van der Waals surface area contributed by atoms with Gasteiger partial charge in [0, 0.05) is 12.6 Å². The number of anilines is 1. The van der Waals surface area contributed by atoms with Gasteiger partial charge in [-0.25, -0.2) is 0 Å². The molecule has 1 aromatic carbocycles. The van der Waals surface area contributed by atoms with Gasteiger partial charge in [-0.3, -0.25) is 4.79 Å². The molecule has 0 spiro atoms. The van der Waals surface area contributed by atoms with Gasteiger partial charge < -0.3 is 20.5 Å². The van der Waals surface area contributed by atoms with Crippen molar-refractivity contribution in [3.63, 3.8) is 0 Å². The summed E-state index contributed by atoms with van der Waals surface area (Å²) in [6.45, 7) is 5.63. The number of carbonyl (C=O) groups excluding carboxylic acids is 1. The van der Waals surface area contributed by atoms with E-state index >= 15 is 0 Å². The Hall–Kier alpha value is -1.75. The first-order valence-electron chi connectivity index (χ1n) is 6.89. The van der Waals surface area contributed by atoms with Crippen LogP contribution in [0, 0.1) is 11.3 Å². The molecular weight excluding hydrogens is 256 g/mol. The van der Waals surface area contributed by atoms with E-state index in [-0.39, 0.29) is 17.6 Å². The first-order chi connectivity index (χ1) is 9.49. The molecule has 0 bridgehead atoms. The lowest BCUT2D eigenvalue weighted by molar-refractivity contribution is -0.126. The third-order valence-corrected chi connectivity index (χ3v) is 4.20. The third-order valence-electron chi connectivity index (χ3n) is 4.20. The molecule has 1 fully saturated rings. The second-order valence-electron chi connectivity index (χ2n) is 5.57. The first-order valence-corrected chi connectivity index (χ1v) is 6.89. The van der Waals surface area contributed by atoms with Crippen molar-refractivity contribution >= 4 is 11.6 Å². The normalized spacial score (nSPS) is 22.0. The van der Waals surface area contributed by atoms with Crippen LogP contribution in [0.25, 0.3) is 0 Å².